The van der Waals surface area contributed by atoms with Crippen molar-refractivity contribution in [2.45, 2.75) is 50.4 Å². The average molecular weight is 423 g/mol. The van der Waals surface area contributed by atoms with Gasteiger partial charge in [-0.15, -0.1) is 0 Å². The van der Waals surface area contributed by atoms with Gasteiger partial charge in [-0.05, 0) is 44.2 Å². The van der Waals surface area contributed by atoms with Gasteiger partial charge in [0.25, 0.3) is 0 Å². The third-order valence-electron chi connectivity index (χ3n) is 5.59. The van der Waals surface area contributed by atoms with E-state index < -0.39 is 18.0 Å². The highest BCUT2D eigenvalue weighted by molar-refractivity contribution is 5.89. The van der Waals surface area contributed by atoms with Crippen molar-refractivity contribution in [2.75, 3.05) is 31.7 Å². The summed E-state index contributed by atoms with van der Waals surface area (Å²) in [5.74, 6) is -0.455. The van der Waals surface area contributed by atoms with Crippen LogP contribution in [0.1, 0.15) is 32.1 Å². The first-order valence-corrected chi connectivity index (χ1v) is 10.5. The number of halogens is 1. The van der Waals surface area contributed by atoms with E-state index in [1.807, 2.05) is 0 Å². The van der Waals surface area contributed by atoms with Gasteiger partial charge in [0, 0.05) is 25.7 Å². The molecule has 9 heteroatoms. The summed E-state index contributed by atoms with van der Waals surface area (Å²) in [5, 5.41) is 17.9. The third-order valence-corrected chi connectivity index (χ3v) is 5.59. The largest absolute Gasteiger partial charge is 0.394 e. The number of urea groups is 1. The van der Waals surface area contributed by atoms with E-state index in [-0.39, 0.29) is 36.3 Å². The first-order chi connectivity index (χ1) is 14.6. The van der Waals surface area contributed by atoms with Crippen molar-refractivity contribution in [2.24, 2.45) is 5.92 Å². The van der Waals surface area contributed by atoms with Gasteiger partial charge in [-0.1, -0.05) is 12.1 Å². The maximum atomic E-state index is 13.7. The van der Waals surface area contributed by atoms with Crippen LogP contribution in [0.15, 0.2) is 24.3 Å². The zero-order chi connectivity index (χ0) is 21.3. The molecule has 4 N–H and O–H groups in total. The van der Waals surface area contributed by atoms with Gasteiger partial charge in [0.1, 0.15) is 11.9 Å². The molecule has 166 valence electrons. The molecule has 0 unspecified atom stereocenters. The smallest absolute Gasteiger partial charge is 0.319 e. The molecule has 2 fully saturated rings. The second-order valence-corrected chi connectivity index (χ2v) is 7.71. The third kappa shape index (κ3) is 6.38. The van der Waals surface area contributed by atoms with Crippen molar-refractivity contribution >= 4 is 17.6 Å². The Morgan fingerprint density at radius 2 is 1.90 bits per heavy atom. The molecule has 2 heterocycles. The van der Waals surface area contributed by atoms with E-state index in [0.717, 1.165) is 12.8 Å². The maximum absolute atomic E-state index is 13.7. The van der Waals surface area contributed by atoms with Crippen molar-refractivity contribution in [3.63, 3.8) is 0 Å². The van der Waals surface area contributed by atoms with Crippen LogP contribution in [0.25, 0.3) is 0 Å². The highest BCUT2D eigenvalue weighted by atomic mass is 19.1. The second kappa shape index (κ2) is 11.2. The molecule has 0 spiro atoms. The number of nitrogens with one attached hydrogen (secondary N) is 3. The summed E-state index contributed by atoms with van der Waals surface area (Å²) in [4.78, 5) is 24.4. The van der Waals surface area contributed by atoms with E-state index in [9.17, 15) is 19.1 Å². The fraction of sp³-hybridized carbons (Fsp3) is 0.619. The number of aliphatic hydroxyl groups excluding tert-OH is 1. The number of amides is 3. The predicted molar refractivity (Wildman–Crippen MR) is 108 cm³/mol. The van der Waals surface area contributed by atoms with Crippen LogP contribution in [0.4, 0.5) is 14.9 Å². The van der Waals surface area contributed by atoms with Gasteiger partial charge >= 0.3 is 6.03 Å². The zero-order valence-corrected chi connectivity index (χ0v) is 16.9. The molecule has 1 aromatic carbocycles. The van der Waals surface area contributed by atoms with Crippen molar-refractivity contribution in [1.29, 1.82) is 0 Å². The maximum Gasteiger partial charge on any atom is 0.319 e. The van der Waals surface area contributed by atoms with Crippen LogP contribution in [-0.2, 0) is 14.3 Å². The molecule has 0 aromatic heterocycles. The summed E-state index contributed by atoms with van der Waals surface area (Å²) in [6.45, 7) is 1.52. The topological polar surface area (TPSA) is 109 Å². The Morgan fingerprint density at radius 1 is 1.13 bits per heavy atom. The van der Waals surface area contributed by atoms with Gasteiger partial charge in [0.2, 0.25) is 5.91 Å². The number of hydrogen-bond donors (Lipinski definition) is 4. The summed E-state index contributed by atoms with van der Waals surface area (Å²) in [7, 11) is 0. The Bertz CT molecular complexity index is 714. The van der Waals surface area contributed by atoms with E-state index >= 15 is 0 Å². The van der Waals surface area contributed by atoms with Crippen LogP contribution in [0.3, 0.4) is 0 Å². The van der Waals surface area contributed by atoms with Crippen molar-refractivity contribution in [1.82, 2.24) is 10.6 Å². The number of carbonyl (C=O) groups is 2. The number of rotatable bonds is 7. The summed E-state index contributed by atoms with van der Waals surface area (Å²) in [6.07, 6.45) is 2.79. The minimum absolute atomic E-state index is 0.0118. The van der Waals surface area contributed by atoms with Crippen LogP contribution in [-0.4, -0.2) is 61.7 Å². The number of hydrogen-bond acceptors (Lipinski definition) is 5. The van der Waals surface area contributed by atoms with Crippen molar-refractivity contribution in [3.05, 3.63) is 30.1 Å². The van der Waals surface area contributed by atoms with Gasteiger partial charge in [-0.25, -0.2) is 9.18 Å². The number of anilines is 1. The standard InChI is InChI=1S/C21H30FN3O5/c22-16-3-1-2-4-17(16)24-21(28)25-18-6-5-15(30-19(18)13-26)7-10-23-20(27)14-8-11-29-12-9-14/h1-4,14-15,18-19,26H,5-13H2,(H,23,27)(H2,24,25,28)/t15-,18+,19-/m0/s1. The van der Waals surface area contributed by atoms with Crippen LogP contribution >= 0.6 is 0 Å². The van der Waals surface area contributed by atoms with E-state index in [1.54, 1.807) is 12.1 Å². The van der Waals surface area contributed by atoms with E-state index in [1.165, 1.54) is 12.1 Å². The lowest BCUT2D eigenvalue weighted by Gasteiger charge is -2.36. The first kappa shape index (κ1) is 22.5. The van der Waals surface area contributed by atoms with E-state index in [2.05, 4.69) is 16.0 Å². The van der Waals surface area contributed by atoms with Crippen LogP contribution in [0.5, 0.6) is 0 Å². The molecule has 3 rings (SSSR count). The van der Waals surface area contributed by atoms with E-state index in [0.29, 0.717) is 39.0 Å². The molecule has 0 saturated carbocycles. The molecule has 2 saturated heterocycles. The predicted octanol–water partition coefficient (Wildman–Crippen LogP) is 1.79. The molecule has 3 amide bonds. The van der Waals surface area contributed by atoms with Crippen LogP contribution in [0.2, 0.25) is 0 Å². The number of ether oxygens (including phenoxy) is 2. The lowest BCUT2D eigenvalue weighted by Crippen LogP contribution is -2.52. The SMILES string of the molecule is O=C(Nc1ccccc1F)N[C@@H]1CC[C@@H](CCNC(=O)C2CCOCC2)O[C@H]1CO. The van der Waals surface area contributed by atoms with Crippen molar-refractivity contribution < 1.29 is 28.6 Å². The number of carbonyl (C=O) groups excluding carboxylic acids is 2. The van der Waals surface area contributed by atoms with Gasteiger partial charge in [-0.3, -0.25) is 4.79 Å². The molecule has 30 heavy (non-hydrogen) atoms. The lowest BCUT2D eigenvalue weighted by atomic mass is 9.96. The number of para-hydroxylation sites is 1. The Labute approximate surface area is 175 Å². The molecule has 0 radical (unpaired) electrons. The molecular formula is C21H30FN3O5. The van der Waals surface area contributed by atoms with Gasteiger partial charge in [-0.2, -0.15) is 0 Å². The Morgan fingerprint density at radius 3 is 2.63 bits per heavy atom. The first-order valence-electron chi connectivity index (χ1n) is 10.5. The molecule has 0 aliphatic carbocycles. The molecule has 8 nitrogen and oxygen atoms in total. The summed E-state index contributed by atoms with van der Waals surface area (Å²) < 4.78 is 24.9. The summed E-state index contributed by atoms with van der Waals surface area (Å²) in [5.41, 5.74) is 0.0884. The average Bonchev–Trinajstić information content (AvgIpc) is 2.76. The van der Waals surface area contributed by atoms with Crippen molar-refractivity contribution in [3.8, 4) is 0 Å². The highest BCUT2D eigenvalue weighted by Gasteiger charge is 2.32. The monoisotopic (exact) mass is 423 g/mol. The second-order valence-electron chi connectivity index (χ2n) is 7.71. The quantitative estimate of drug-likeness (QED) is 0.535. The van der Waals surface area contributed by atoms with Gasteiger partial charge in [0.15, 0.2) is 0 Å². The van der Waals surface area contributed by atoms with Crippen LogP contribution < -0.4 is 16.0 Å². The summed E-state index contributed by atoms with van der Waals surface area (Å²) >= 11 is 0. The Balaban J connectivity index is 1.40. The lowest BCUT2D eigenvalue weighted by molar-refractivity contribution is -0.128. The minimum Gasteiger partial charge on any atom is -0.394 e. The van der Waals surface area contributed by atoms with Crippen LogP contribution in [0, 0.1) is 11.7 Å². The Kier molecular flexibility index (Phi) is 8.41. The molecular weight excluding hydrogens is 393 g/mol. The minimum atomic E-state index is -0.554. The molecule has 3 atom stereocenters. The summed E-state index contributed by atoms with van der Waals surface area (Å²) in [6, 6.07) is 4.98. The van der Waals surface area contributed by atoms with Gasteiger partial charge < -0.3 is 30.5 Å². The number of benzene rings is 1. The Hall–Kier alpha value is -2.23. The molecule has 2 aliphatic rings. The normalized spacial score (nSPS) is 24.8. The van der Waals surface area contributed by atoms with E-state index in [4.69, 9.17) is 9.47 Å². The fourth-order valence-corrected chi connectivity index (χ4v) is 3.86. The number of aliphatic hydroxyl groups is 1. The highest BCUT2D eigenvalue weighted by Crippen LogP contribution is 2.22. The zero-order valence-electron chi connectivity index (χ0n) is 16.9. The molecule has 0 bridgehead atoms. The van der Waals surface area contributed by atoms with Gasteiger partial charge in [0.05, 0.1) is 24.4 Å². The molecule has 2 aliphatic heterocycles. The molecule has 1 aromatic rings. The fourth-order valence-electron chi connectivity index (χ4n) is 3.86.